The number of sulfonamides is 1. The Morgan fingerprint density at radius 2 is 2.05 bits per heavy atom. The second-order valence-electron chi connectivity index (χ2n) is 6.19. The Morgan fingerprint density at radius 1 is 1.37 bits per heavy atom. The van der Waals surface area contributed by atoms with Crippen molar-refractivity contribution < 1.29 is 8.42 Å². The van der Waals surface area contributed by atoms with Gasteiger partial charge in [-0.2, -0.15) is 0 Å². The van der Waals surface area contributed by atoms with Gasteiger partial charge in [0.1, 0.15) is 0 Å². The van der Waals surface area contributed by atoms with Crippen LogP contribution in [0.5, 0.6) is 0 Å². The molecule has 0 radical (unpaired) electrons. The minimum atomic E-state index is -3.01. The first-order valence-electron chi connectivity index (χ1n) is 7.51. The van der Waals surface area contributed by atoms with Crippen molar-refractivity contribution in [2.75, 3.05) is 25.9 Å². The third kappa shape index (κ3) is 6.23. The molecule has 0 saturated carbocycles. The molecule has 1 rings (SSSR count). The van der Waals surface area contributed by atoms with E-state index in [9.17, 15) is 8.42 Å². The van der Waals surface area contributed by atoms with Gasteiger partial charge >= 0.3 is 0 Å². The SMILES string of the molecule is CCC(C)CC(C)NCC1CCCN(S(C)(=O)=O)C1. The quantitative estimate of drug-likeness (QED) is 0.781. The van der Waals surface area contributed by atoms with E-state index in [1.54, 1.807) is 4.31 Å². The number of rotatable bonds is 7. The Balaban J connectivity index is 2.33. The number of nitrogens with zero attached hydrogens (tertiary/aromatic N) is 1. The monoisotopic (exact) mass is 290 g/mol. The summed E-state index contributed by atoms with van der Waals surface area (Å²) in [6.45, 7) is 9.04. The van der Waals surface area contributed by atoms with Crippen molar-refractivity contribution in [3.05, 3.63) is 0 Å². The topological polar surface area (TPSA) is 49.4 Å². The highest BCUT2D eigenvalue weighted by Crippen LogP contribution is 2.18. The normalized spacial score (nSPS) is 25.2. The Morgan fingerprint density at radius 3 is 2.63 bits per heavy atom. The van der Waals surface area contributed by atoms with E-state index >= 15 is 0 Å². The van der Waals surface area contributed by atoms with Gasteiger partial charge in [0.15, 0.2) is 0 Å². The lowest BCUT2D eigenvalue weighted by molar-refractivity contribution is 0.252. The largest absolute Gasteiger partial charge is 0.314 e. The summed E-state index contributed by atoms with van der Waals surface area (Å²) in [5.74, 6) is 1.21. The Kier molecular flexibility index (Phi) is 6.77. The number of hydrogen-bond donors (Lipinski definition) is 1. The third-order valence-electron chi connectivity index (χ3n) is 4.16. The van der Waals surface area contributed by atoms with Gasteiger partial charge < -0.3 is 5.32 Å². The van der Waals surface area contributed by atoms with Crippen LogP contribution < -0.4 is 5.32 Å². The van der Waals surface area contributed by atoms with Gasteiger partial charge in [-0.05, 0) is 44.6 Å². The number of hydrogen-bond acceptors (Lipinski definition) is 3. The fourth-order valence-corrected chi connectivity index (χ4v) is 3.66. The van der Waals surface area contributed by atoms with Crippen LogP contribution in [-0.2, 0) is 10.0 Å². The Hall–Kier alpha value is -0.130. The van der Waals surface area contributed by atoms with Crippen molar-refractivity contribution >= 4 is 10.0 Å². The van der Waals surface area contributed by atoms with Gasteiger partial charge in [0.05, 0.1) is 6.26 Å². The Bertz CT molecular complexity index is 356. The summed E-state index contributed by atoms with van der Waals surface area (Å²) in [5.41, 5.74) is 0. The highest BCUT2D eigenvalue weighted by atomic mass is 32.2. The minimum absolute atomic E-state index is 0.461. The second-order valence-corrected chi connectivity index (χ2v) is 8.17. The van der Waals surface area contributed by atoms with E-state index < -0.39 is 10.0 Å². The summed E-state index contributed by atoms with van der Waals surface area (Å²) in [7, 11) is -3.01. The molecule has 0 aromatic heterocycles. The summed E-state index contributed by atoms with van der Waals surface area (Å²) >= 11 is 0. The lowest BCUT2D eigenvalue weighted by Gasteiger charge is -2.32. The molecular formula is C14H30N2O2S. The van der Waals surface area contributed by atoms with Crippen LogP contribution in [0.1, 0.15) is 46.5 Å². The molecule has 0 aromatic carbocycles. The zero-order valence-electron chi connectivity index (χ0n) is 12.9. The molecule has 0 spiro atoms. The van der Waals surface area contributed by atoms with E-state index in [2.05, 4.69) is 26.1 Å². The molecule has 0 aromatic rings. The van der Waals surface area contributed by atoms with E-state index in [1.165, 1.54) is 19.1 Å². The predicted molar refractivity (Wildman–Crippen MR) is 80.7 cm³/mol. The zero-order valence-corrected chi connectivity index (χ0v) is 13.7. The van der Waals surface area contributed by atoms with Crippen LogP contribution in [0.3, 0.4) is 0 Å². The van der Waals surface area contributed by atoms with Gasteiger partial charge in [0.2, 0.25) is 10.0 Å². The maximum atomic E-state index is 11.6. The van der Waals surface area contributed by atoms with Crippen LogP contribution >= 0.6 is 0 Å². The third-order valence-corrected chi connectivity index (χ3v) is 5.43. The first-order valence-corrected chi connectivity index (χ1v) is 9.36. The molecular weight excluding hydrogens is 260 g/mol. The van der Waals surface area contributed by atoms with Crippen LogP contribution in [0.2, 0.25) is 0 Å². The average Bonchev–Trinajstić information content (AvgIpc) is 2.35. The highest BCUT2D eigenvalue weighted by Gasteiger charge is 2.25. The van der Waals surface area contributed by atoms with Crippen LogP contribution in [-0.4, -0.2) is 44.7 Å². The van der Waals surface area contributed by atoms with Crippen molar-refractivity contribution in [2.24, 2.45) is 11.8 Å². The molecule has 3 atom stereocenters. The molecule has 1 fully saturated rings. The molecule has 0 bridgehead atoms. The van der Waals surface area contributed by atoms with E-state index in [4.69, 9.17) is 0 Å². The van der Waals surface area contributed by atoms with Crippen LogP contribution in [0.15, 0.2) is 0 Å². The van der Waals surface area contributed by atoms with E-state index in [0.29, 0.717) is 25.0 Å². The van der Waals surface area contributed by atoms with Crippen molar-refractivity contribution in [1.29, 1.82) is 0 Å². The molecule has 1 heterocycles. The first kappa shape index (κ1) is 16.9. The summed E-state index contributed by atoms with van der Waals surface area (Å²) in [5, 5.41) is 3.57. The summed E-state index contributed by atoms with van der Waals surface area (Å²) in [6, 6.07) is 0.517. The molecule has 1 saturated heterocycles. The fourth-order valence-electron chi connectivity index (χ4n) is 2.72. The molecule has 1 N–H and O–H groups in total. The molecule has 114 valence electrons. The maximum Gasteiger partial charge on any atom is 0.211 e. The molecule has 3 unspecified atom stereocenters. The smallest absolute Gasteiger partial charge is 0.211 e. The predicted octanol–water partition coefficient (Wildman–Crippen LogP) is 2.07. The van der Waals surface area contributed by atoms with E-state index in [1.807, 2.05) is 0 Å². The molecule has 0 aliphatic carbocycles. The number of nitrogens with one attached hydrogen (secondary N) is 1. The van der Waals surface area contributed by atoms with Gasteiger partial charge in [-0.25, -0.2) is 12.7 Å². The van der Waals surface area contributed by atoms with Gasteiger partial charge in [-0.1, -0.05) is 20.3 Å². The highest BCUT2D eigenvalue weighted by molar-refractivity contribution is 7.88. The molecule has 1 aliphatic heterocycles. The van der Waals surface area contributed by atoms with Crippen LogP contribution in [0.25, 0.3) is 0 Å². The molecule has 0 amide bonds. The van der Waals surface area contributed by atoms with Crippen LogP contribution in [0.4, 0.5) is 0 Å². The minimum Gasteiger partial charge on any atom is -0.314 e. The summed E-state index contributed by atoms with van der Waals surface area (Å²) in [4.78, 5) is 0. The maximum absolute atomic E-state index is 11.6. The van der Waals surface area contributed by atoms with E-state index in [0.717, 1.165) is 25.3 Å². The van der Waals surface area contributed by atoms with Gasteiger partial charge in [-0.3, -0.25) is 0 Å². The Labute approximate surface area is 119 Å². The lowest BCUT2D eigenvalue weighted by atomic mass is 9.97. The van der Waals surface area contributed by atoms with E-state index in [-0.39, 0.29) is 0 Å². The standard InChI is InChI=1S/C14H30N2O2S/c1-5-12(2)9-13(3)15-10-14-7-6-8-16(11-14)19(4,17)18/h12-15H,5-11H2,1-4H3. The van der Waals surface area contributed by atoms with Crippen molar-refractivity contribution in [3.63, 3.8) is 0 Å². The zero-order chi connectivity index (χ0) is 14.5. The molecule has 4 nitrogen and oxygen atoms in total. The van der Waals surface area contributed by atoms with Gasteiger partial charge in [-0.15, -0.1) is 0 Å². The number of piperidine rings is 1. The molecule has 1 aliphatic rings. The lowest BCUT2D eigenvalue weighted by Crippen LogP contribution is -2.43. The summed E-state index contributed by atoms with van der Waals surface area (Å²) < 4.78 is 24.7. The van der Waals surface area contributed by atoms with Crippen molar-refractivity contribution in [3.8, 4) is 0 Å². The van der Waals surface area contributed by atoms with Crippen molar-refractivity contribution in [2.45, 2.75) is 52.5 Å². The fraction of sp³-hybridized carbons (Fsp3) is 1.00. The van der Waals surface area contributed by atoms with Crippen LogP contribution in [0, 0.1) is 11.8 Å². The van der Waals surface area contributed by atoms with Gasteiger partial charge in [0.25, 0.3) is 0 Å². The molecule has 19 heavy (non-hydrogen) atoms. The molecule has 5 heteroatoms. The average molecular weight is 290 g/mol. The summed E-state index contributed by atoms with van der Waals surface area (Å²) in [6.07, 6.45) is 5.85. The van der Waals surface area contributed by atoms with Gasteiger partial charge in [0, 0.05) is 19.1 Å². The first-order chi connectivity index (χ1) is 8.82. The second kappa shape index (κ2) is 7.60. The van der Waals surface area contributed by atoms with Crippen molar-refractivity contribution in [1.82, 2.24) is 9.62 Å².